The number of imidazole rings is 1. The predicted octanol–water partition coefficient (Wildman–Crippen LogP) is 2.38. The van der Waals surface area contributed by atoms with Gasteiger partial charge in [-0.05, 0) is 56.8 Å². The van der Waals surface area contributed by atoms with E-state index in [9.17, 15) is 0 Å². The van der Waals surface area contributed by atoms with E-state index in [4.69, 9.17) is 0 Å². The van der Waals surface area contributed by atoms with Gasteiger partial charge in [0.15, 0.2) is 11.5 Å². The van der Waals surface area contributed by atoms with E-state index in [1.807, 2.05) is 23.0 Å². The van der Waals surface area contributed by atoms with E-state index in [-0.39, 0.29) is 5.54 Å². The number of aromatic amines is 1. The molecule has 0 saturated carbocycles. The van der Waals surface area contributed by atoms with Crippen LogP contribution in [0.1, 0.15) is 19.8 Å². The van der Waals surface area contributed by atoms with Gasteiger partial charge in [0.1, 0.15) is 0 Å². The summed E-state index contributed by atoms with van der Waals surface area (Å²) in [5.41, 5.74) is 2.77. The average Bonchev–Trinajstić information content (AvgIpc) is 3.43. The lowest BCUT2D eigenvalue weighted by atomic mass is 9.80. The number of hydrogen-bond donors (Lipinski definition) is 4. The van der Waals surface area contributed by atoms with E-state index >= 15 is 0 Å². The molecule has 0 aliphatic carbocycles. The highest BCUT2D eigenvalue weighted by atomic mass is 32.2. The quantitative estimate of drug-likeness (QED) is 0.515. The van der Waals surface area contributed by atoms with Crippen molar-refractivity contribution in [2.45, 2.75) is 25.3 Å². The third-order valence-electron chi connectivity index (χ3n) is 5.46. The molecule has 140 valence electrons. The summed E-state index contributed by atoms with van der Waals surface area (Å²) in [5.74, 6) is 1.38. The Balaban J connectivity index is 1.43. The Hall–Kier alpha value is -2.36. The number of H-pyrrole nitrogens is 1. The summed E-state index contributed by atoms with van der Waals surface area (Å²) in [6.45, 7) is 4.47. The fourth-order valence-corrected chi connectivity index (χ4v) is 4.92. The smallest absolute Gasteiger partial charge is 0.180 e. The molecule has 0 amide bonds. The van der Waals surface area contributed by atoms with E-state index in [0.29, 0.717) is 5.92 Å². The SMILES string of the molecule is CC1(C2CCNCC2)C=C(Nc2nccn3c(-c4cn[nH]c4)cnc23)SN1. The van der Waals surface area contributed by atoms with Crippen molar-refractivity contribution < 1.29 is 0 Å². The average molecular weight is 382 g/mol. The van der Waals surface area contributed by atoms with Gasteiger partial charge in [0, 0.05) is 29.7 Å². The summed E-state index contributed by atoms with van der Waals surface area (Å²) in [6.07, 6.45) is 13.9. The Morgan fingerprint density at radius 1 is 1.26 bits per heavy atom. The maximum absolute atomic E-state index is 4.57. The van der Waals surface area contributed by atoms with Crippen molar-refractivity contribution in [3.05, 3.63) is 42.1 Å². The van der Waals surface area contributed by atoms with Crippen LogP contribution in [0.5, 0.6) is 0 Å². The maximum atomic E-state index is 4.57. The van der Waals surface area contributed by atoms with Gasteiger partial charge in [-0.1, -0.05) is 0 Å². The second-order valence-electron chi connectivity index (χ2n) is 7.24. The molecule has 0 aromatic carbocycles. The van der Waals surface area contributed by atoms with Crippen LogP contribution in [0.3, 0.4) is 0 Å². The summed E-state index contributed by atoms with van der Waals surface area (Å²) in [5, 5.41) is 14.9. The van der Waals surface area contributed by atoms with Crippen molar-refractivity contribution in [1.29, 1.82) is 0 Å². The van der Waals surface area contributed by atoms with E-state index < -0.39 is 0 Å². The first kappa shape index (κ1) is 16.8. The predicted molar refractivity (Wildman–Crippen MR) is 107 cm³/mol. The Labute approximate surface area is 161 Å². The molecule has 4 N–H and O–H groups in total. The molecule has 0 spiro atoms. The molecule has 1 fully saturated rings. The molecule has 1 atom stereocenters. The highest BCUT2D eigenvalue weighted by molar-refractivity contribution is 8.01. The molecule has 5 rings (SSSR count). The maximum Gasteiger partial charge on any atom is 0.180 e. The lowest BCUT2D eigenvalue weighted by molar-refractivity contribution is 0.265. The van der Waals surface area contributed by atoms with Crippen LogP contribution >= 0.6 is 11.9 Å². The number of nitrogens with one attached hydrogen (secondary N) is 4. The van der Waals surface area contributed by atoms with Crippen molar-refractivity contribution in [2.75, 3.05) is 18.4 Å². The Bertz CT molecular complexity index is 973. The standard InChI is InChI=1S/C18H22N8S/c1-18(13-2-4-19-5-3-13)8-15(27-25-18)24-16-17-21-11-14(12-9-22-23-10-12)26(17)7-6-20-16/h6-11,13,19,25H,2-5H2,1H3,(H,20,24)(H,22,23). The van der Waals surface area contributed by atoms with Gasteiger partial charge in [-0.3, -0.25) is 9.50 Å². The van der Waals surface area contributed by atoms with E-state index in [1.54, 1.807) is 24.3 Å². The van der Waals surface area contributed by atoms with Crippen molar-refractivity contribution >= 4 is 23.4 Å². The van der Waals surface area contributed by atoms with Crippen molar-refractivity contribution in [1.82, 2.24) is 34.6 Å². The number of nitrogens with zero attached hydrogens (tertiary/aromatic N) is 4. The normalized spacial score (nSPS) is 23.7. The van der Waals surface area contributed by atoms with E-state index in [1.165, 1.54) is 12.8 Å². The van der Waals surface area contributed by atoms with Crippen molar-refractivity contribution in [3.8, 4) is 11.3 Å². The molecule has 3 aromatic heterocycles. The second kappa shape index (κ2) is 6.66. The minimum atomic E-state index is -0.00244. The molecular formula is C18H22N8S. The number of fused-ring (bicyclic) bond motifs is 1. The van der Waals surface area contributed by atoms with Crippen LogP contribution in [-0.4, -0.2) is 43.2 Å². The number of rotatable bonds is 4. The first-order valence-corrected chi connectivity index (χ1v) is 10.0. The van der Waals surface area contributed by atoms with Crippen LogP contribution in [0.25, 0.3) is 16.9 Å². The van der Waals surface area contributed by atoms with Crippen LogP contribution in [0.4, 0.5) is 5.82 Å². The fraction of sp³-hybridized carbons (Fsp3) is 0.389. The topological polar surface area (TPSA) is 95.0 Å². The number of aromatic nitrogens is 5. The Morgan fingerprint density at radius 3 is 2.96 bits per heavy atom. The second-order valence-corrected chi connectivity index (χ2v) is 8.09. The van der Waals surface area contributed by atoms with Gasteiger partial charge in [-0.15, -0.1) is 0 Å². The van der Waals surface area contributed by atoms with Crippen LogP contribution in [0.2, 0.25) is 0 Å². The molecule has 1 saturated heterocycles. The van der Waals surface area contributed by atoms with Gasteiger partial charge in [0.05, 0.1) is 23.1 Å². The molecule has 2 aliphatic heterocycles. The minimum absolute atomic E-state index is 0.00244. The van der Waals surface area contributed by atoms with Gasteiger partial charge in [0.2, 0.25) is 0 Å². The third-order valence-corrected chi connectivity index (χ3v) is 6.44. The Morgan fingerprint density at radius 2 is 2.15 bits per heavy atom. The molecule has 27 heavy (non-hydrogen) atoms. The van der Waals surface area contributed by atoms with Gasteiger partial charge in [-0.25, -0.2) is 14.7 Å². The summed E-state index contributed by atoms with van der Waals surface area (Å²) in [7, 11) is 0. The minimum Gasteiger partial charge on any atom is -0.331 e. The molecule has 1 unspecified atom stereocenters. The zero-order valence-electron chi connectivity index (χ0n) is 15.1. The first-order valence-electron chi connectivity index (χ1n) is 9.19. The molecule has 9 heteroatoms. The van der Waals surface area contributed by atoms with Crippen molar-refractivity contribution in [2.24, 2.45) is 5.92 Å². The highest BCUT2D eigenvalue weighted by Gasteiger charge is 2.37. The third kappa shape index (κ3) is 3.01. The van der Waals surface area contributed by atoms with Gasteiger partial charge < -0.3 is 10.6 Å². The Kier molecular flexibility index (Phi) is 4.14. The van der Waals surface area contributed by atoms with E-state index in [2.05, 4.69) is 48.5 Å². The van der Waals surface area contributed by atoms with Crippen molar-refractivity contribution in [3.63, 3.8) is 0 Å². The van der Waals surface area contributed by atoms with Gasteiger partial charge >= 0.3 is 0 Å². The monoisotopic (exact) mass is 382 g/mol. The first-order chi connectivity index (χ1) is 13.2. The summed E-state index contributed by atoms with van der Waals surface area (Å²) in [4.78, 5) is 9.09. The molecule has 5 heterocycles. The molecular weight excluding hydrogens is 360 g/mol. The van der Waals surface area contributed by atoms with Gasteiger partial charge in [-0.2, -0.15) is 5.10 Å². The van der Waals surface area contributed by atoms with Crippen LogP contribution in [0, 0.1) is 5.92 Å². The van der Waals surface area contributed by atoms with E-state index in [0.717, 1.165) is 40.8 Å². The summed E-state index contributed by atoms with van der Waals surface area (Å²) >= 11 is 1.64. The molecule has 0 radical (unpaired) electrons. The zero-order valence-corrected chi connectivity index (χ0v) is 15.9. The van der Waals surface area contributed by atoms with Crippen LogP contribution in [0.15, 0.2) is 42.1 Å². The summed E-state index contributed by atoms with van der Waals surface area (Å²) < 4.78 is 5.64. The molecule has 2 aliphatic rings. The zero-order chi connectivity index (χ0) is 18.3. The molecule has 3 aromatic rings. The molecule has 0 bridgehead atoms. The lowest BCUT2D eigenvalue weighted by Crippen LogP contribution is -2.46. The number of hydrogen-bond acceptors (Lipinski definition) is 7. The van der Waals surface area contributed by atoms with Crippen LogP contribution in [-0.2, 0) is 0 Å². The summed E-state index contributed by atoms with van der Waals surface area (Å²) in [6, 6.07) is 0. The number of anilines is 1. The van der Waals surface area contributed by atoms with Gasteiger partial charge in [0.25, 0.3) is 0 Å². The fourth-order valence-electron chi connectivity index (χ4n) is 3.91. The largest absolute Gasteiger partial charge is 0.331 e. The highest BCUT2D eigenvalue weighted by Crippen LogP contribution is 2.37. The lowest BCUT2D eigenvalue weighted by Gasteiger charge is -2.35. The molecule has 8 nitrogen and oxygen atoms in total. The number of piperidine rings is 1. The van der Waals surface area contributed by atoms with Crippen LogP contribution < -0.4 is 15.4 Å².